The van der Waals surface area contributed by atoms with E-state index in [9.17, 15) is 5.11 Å². The first-order valence-corrected chi connectivity index (χ1v) is 7.94. The van der Waals surface area contributed by atoms with Crippen LogP contribution in [-0.2, 0) is 6.54 Å². The van der Waals surface area contributed by atoms with Crippen molar-refractivity contribution in [2.75, 3.05) is 20.1 Å². The van der Waals surface area contributed by atoms with Crippen LogP contribution in [0.25, 0.3) is 0 Å². The highest BCUT2D eigenvalue weighted by Crippen LogP contribution is 2.21. The fraction of sp³-hybridized carbons (Fsp3) is 0.647. The molecule has 0 unspecified atom stereocenters. The number of phenols is 1. The van der Waals surface area contributed by atoms with E-state index in [1.807, 2.05) is 18.2 Å². The third-order valence-corrected chi connectivity index (χ3v) is 4.30. The van der Waals surface area contributed by atoms with E-state index in [1.165, 1.54) is 45.1 Å². The lowest BCUT2D eigenvalue weighted by molar-refractivity contribution is 0.189. The van der Waals surface area contributed by atoms with E-state index < -0.39 is 0 Å². The summed E-state index contributed by atoms with van der Waals surface area (Å²) in [6.07, 6.45) is 8.19. The number of nitrogens with one attached hydrogen (secondary N) is 1. The zero-order chi connectivity index (χ0) is 14.2. The second kappa shape index (κ2) is 8.28. The molecule has 2 N–H and O–H groups in total. The Labute approximate surface area is 123 Å². The third kappa shape index (κ3) is 5.14. The topological polar surface area (TPSA) is 35.5 Å². The van der Waals surface area contributed by atoms with E-state index >= 15 is 0 Å². The molecule has 3 heteroatoms. The van der Waals surface area contributed by atoms with E-state index in [0.717, 1.165) is 24.7 Å². The summed E-state index contributed by atoms with van der Waals surface area (Å²) in [7, 11) is 2.27. The monoisotopic (exact) mass is 276 g/mol. The molecule has 3 nitrogen and oxygen atoms in total. The molecule has 1 aromatic rings. The molecule has 1 aliphatic rings. The SMILES string of the molecule is CN(CCCNCc1cccc(O)c1)C1CCCCC1. The quantitative estimate of drug-likeness (QED) is 0.751. The van der Waals surface area contributed by atoms with E-state index in [-0.39, 0.29) is 0 Å². The minimum atomic E-state index is 0.348. The van der Waals surface area contributed by atoms with Crippen molar-refractivity contribution in [1.29, 1.82) is 0 Å². The normalized spacial score (nSPS) is 16.7. The van der Waals surface area contributed by atoms with Crippen molar-refractivity contribution in [2.24, 2.45) is 0 Å². The summed E-state index contributed by atoms with van der Waals surface area (Å²) in [5, 5.41) is 12.8. The Balaban J connectivity index is 1.57. The van der Waals surface area contributed by atoms with E-state index in [1.54, 1.807) is 6.07 Å². The fourth-order valence-electron chi connectivity index (χ4n) is 3.06. The zero-order valence-corrected chi connectivity index (χ0v) is 12.6. The summed E-state index contributed by atoms with van der Waals surface area (Å²) in [4.78, 5) is 2.54. The van der Waals surface area contributed by atoms with E-state index in [0.29, 0.717) is 5.75 Å². The van der Waals surface area contributed by atoms with Crippen molar-refractivity contribution >= 4 is 0 Å². The predicted octanol–water partition coefficient (Wildman–Crippen LogP) is 3.14. The number of phenolic OH excluding ortho intramolecular Hbond substituents is 1. The second-order valence-electron chi connectivity index (χ2n) is 5.97. The highest BCUT2D eigenvalue weighted by Gasteiger charge is 2.16. The van der Waals surface area contributed by atoms with Gasteiger partial charge in [-0.05, 0) is 57.1 Å². The molecular formula is C17H28N2O. The van der Waals surface area contributed by atoms with E-state index in [2.05, 4.69) is 17.3 Å². The van der Waals surface area contributed by atoms with Gasteiger partial charge >= 0.3 is 0 Å². The van der Waals surface area contributed by atoms with Crippen LogP contribution in [0.1, 0.15) is 44.1 Å². The summed E-state index contributed by atoms with van der Waals surface area (Å²) in [6, 6.07) is 8.28. The van der Waals surface area contributed by atoms with Gasteiger partial charge in [-0.1, -0.05) is 31.4 Å². The van der Waals surface area contributed by atoms with Crippen molar-refractivity contribution in [1.82, 2.24) is 10.2 Å². The molecule has 20 heavy (non-hydrogen) atoms. The number of benzene rings is 1. The number of nitrogens with zero attached hydrogens (tertiary/aromatic N) is 1. The van der Waals surface area contributed by atoms with Crippen LogP contribution >= 0.6 is 0 Å². The molecule has 0 spiro atoms. The molecule has 0 saturated heterocycles. The van der Waals surface area contributed by atoms with Crippen LogP contribution in [0.15, 0.2) is 24.3 Å². The lowest BCUT2D eigenvalue weighted by Gasteiger charge is -2.31. The lowest BCUT2D eigenvalue weighted by Crippen LogP contribution is -2.35. The highest BCUT2D eigenvalue weighted by molar-refractivity contribution is 5.26. The number of hydrogen-bond donors (Lipinski definition) is 2. The average molecular weight is 276 g/mol. The lowest BCUT2D eigenvalue weighted by atomic mass is 9.94. The Morgan fingerprint density at radius 1 is 1.25 bits per heavy atom. The van der Waals surface area contributed by atoms with Gasteiger partial charge in [0.1, 0.15) is 5.75 Å². The maximum absolute atomic E-state index is 9.40. The second-order valence-corrected chi connectivity index (χ2v) is 5.97. The zero-order valence-electron chi connectivity index (χ0n) is 12.6. The van der Waals surface area contributed by atoms with Crippen molar-refractivity contribution in [3.05, 3.63) is 29.8 Å². The standard InChI is InChI=1S/C17H28N2O/c1-19(16-8-3-2-4-9-16)12-6-11-18-14-15-7-5-10-17(20)13-15/h5,7,10,13,16,18,20H,2-4,6,8-9,11-12,14H2,1H3. The van der Waals surface area contributed by atoms with Crippen molar-refractivity contribution in [3.8, 4) is 5.75 Å². The van der Waals surface area contributed by atoms with E-state index in [4.69, 9.17) is 0 Å². The minimum Gasteiger partial charge on any atom is -0.508 e. The van der Waals surface area contributed by atoms with Crippen molar-refractivity contribution < 1.29 is 5.11 Å². The van der Waals surface area contributed by atoms with Crippen LogP contribution in [0.3, 0.4) is 0 Å². The molecule has 1 aromatic carbocycles. The Bertz CT molecular complexity index is 388. The van der Waals surface area contributed by atoms with Gasteiger partial charge in [-0.25, -0.2) is 0 Å². The van der Waals surface area contributed by atoms with Gasteiger partial charge in [-0.15, -0.1) is 0 Å². The van der Waals surface area contributed by atoms with Crippen molar-refractivity contribution in [2.45, 2.75) is 51.1 Å². The molecular weight excluding hydrogens is 248 g/mol. The van der Waals surface area contributed by atoms with Gasteiger partial charge in [0, 0.05) is 12.6 Å². The van der Waals surface area contributed by atoms with Crippen LogP contribution in [0.2, 0.25) is 0 Å². The van der Waals surface area contributed by atoms with Crippen molar-refractivity contribution in [3.63, 3.8) is 0 Å². The smallest absolute Gasteiger partial charge is 0.115 e. The van der Waals surface area contributed by atoms with Crippen LogP contribution in [0.5, 0.6) is 5.75 Å². The Morgan fingerprint density at radius 2 is 2.05 bits per heavy atom. The Kier molecular flexibility index (Phi) is 6.34. The van der Waals surface area contributed by atoms with Gasteiger partial charge in [-0.2, -0.15) is 0 Å². The molecule has 0 aromatic heterocycles. The molecule has 2 rings (SSSR count). The largest absolute Gasteiger partial charge is 0.508 e. The summed E-state index contributed by atoms with van der Waals surface area (Å²) >= 11 is 0. The molecule has 112 valence electrons. The molecule has 0 amide bonds. The Morgan fingerprint density at radius 3 is 2.80 bits per heavy atom. The van der Waals surface area contributed by atoms with Gasteiger partial charge < -0.3 is 15.3 Å². The van der Waals surface area contributed by atoms with Crippen LogP contribution in [-0.4, -0.2) is 36.2 Å². The predicted molar refractivity (Wildman–Crippen MR) is 83.9 cm³/mol. The average Bonchev–Trinajstić information content (AvgIpc) is 2.48. The Hall–Kier alpha value is -1.06. The number of hydrogen-bond acceptors (Lipinski definition) is 3. The molecule has 0 bridgehead atoms. The first kappa shape index (κ1) is 15.3. The fourth-order valence-corrected chi connectivity index (χ4v) is 3.06. The minimum absolute atomic E-state index is 0.348. The molecule has 0 heterocycles. The summed E-state index contributed by atoms with van der Waals surface area (Å²) < 4.78 is 0. The summed E-state index contributed by atoms with van der Waals surface area (Å²) in [5.74, 6) is 0.348. The molecule has 1 saturated carbocycles. The van der Waals surface area contributed by atoms with Crippen LogP contribution < -0.4 is 5.32 Å². The van der Waals surface area contributed by atoms with Crippen LogP contribution in [0.4, 0.5) is 0 Å². The third-order valence-electron chi connectivity index (χ3n) is 4.30. The molecule has 0 radical (unpaired) electrons. The van der Waals surface area contributed by atoms with Gasteiger partial charge in [0.25, 0.3) is 0 Å². The molecule has 1 fully saturated rings. The van der Waals surface area contributed by atoms with Gasteiger partial charge in [-0.3, -0.25) is 0 Å². The van der Waals surface area contributed by atoms with Crippen LogP contribution in [0, 0.1) is 0 Å². The van der Waals surface area contributed by atoms with Gasteiger partial charge in [0.2, 0.25) is 0 Å². The highest BCUT2D eigenvalue weighted by atomic mass is 16.3. The maximum atomic E-state index is 9.40. The summed E-state index contributed by atoms with van der Waals surface area (Å²) in [5.41, 5.74) is 1.14. The van der Waals surface area contributed by atoms with Gasteiger partial charge in [0.05, 0.1) is 0 Å². The first-order valence-electron chi connectivity index (χ1n) is 7.94. The number of rotatable bonds is 7. The molecule has 0 atom stereocenters. The number of aromatic hydroxyl groups is 1. The molecule has 0 aliphatic heterocycles. The molecule has 1 aliphatic carbocycles. The van der Waals surface area contributed by atoms with Gasteiger partial charge in [0.15, 0.2) is 0 Å². The summed E-state index contributed by atoms with van der Waals surface area (Å²) in [6.45, 7) is 3.05. The first-order chi connectivity index (χ1) is 9.75. The maximum Gasteiger partial charge on any atom is 0.115 e.